The number of anilines is 1. The highest BCUT2D eigenvalue weighted by Gasteiger charge is 2.33. The third kappa shape index (κ3) is 4.56. The molecule has 1 aliphatic heterocycles. The van der Waals surface area contributed by atoms with Crippen LogP contribution >= 0.6 is 0 Å². The summed E-state index contributed by atoms with van der Waals surface area (Å²) in [4.78, 5) is 21.1. The first-order valence-corrected chi connectivity index (χ1v) is 12.0. The van der Waals surface area contributed by atoms with Gasteiger partial charge in [0, 0.05) is 37.2 Å². The van der Waals surface area contributed by atoms with Crippen molar-refractivity contribution in [3.63, 3.8) is 0 Å². The van der Waals surface area contributed by atoms with Crippen LogP contribution in [0.3, 0.4) is 0 Å². The number of benzene rings is 1. The van der Waals surface area contributed by atoms with E-state index in [1.54, 1.807) is 49.5 Å². The van der Waals surface area contributed by atoms with Gasteiger partial charge in [0.15, 0.2) is 0 Å². The Labute approximate surface area is 186 Å². The molecular formula is C22H25N5O4S. The van der Waals surface area contributed by atoms with E-state index in [1.807, 2.05) is 6.92 Å². The molecule has 0 radical (unpaired) electrons. The molecule has 0 atom stereocenters. The summed E-state index contributed by atoms with van der Waals surface area (Å²) in [6.07, 6.45) is 3.11. The minimum absolute atomic E-state index is 0.136. The van der Waals surface area contributed by atoms with Crippen molar-refractivity contribution in [3.05, 3.63) is 54.0 Å². The van der Waals surface area contributed by atoms with Gasteiger partial charge in [-0.25, -0.2) is 13.4 Å². The lowest BCUT2D eigenvalue weighted by atomic mass is 9.97. The number of piperidine rings is 1. The monoisotopic (exact) mass is 455 g/mol. The fourth-order valence-electron chi connectivity index (χ4n) is 3.70. The van der Waals surface area contributed by atoms with Crippen LogP contribution in [0.4, 0.5) is 5.82 Å². The van der Waals surface area contributed by atoms with E-state index < -0.39 is 10.0 Å². The minimum atomic E-state index is -3.73. The van der Waals surface area contributed by atoms with Crippen LogP contribution < -0.4 is 5.32 Å². The van der Waals surface area contributed by atoms with Crippen LogP contribution in [0.5, 0.6) is 0 Å². The first-order chi connectivity index (χ1) is 15.4. The predicted molar refractivity (Wildman–Crippen MR) is 118 cm³/mol. The molecule has 1 aliphatic rings. The molecule has 0 saturated carbocycles. The Morgan fingerprint density at radius 3 is 2.66 bits per heavy atom. The van der Waals surface area contributed by atoms with E-state index in [0.717, 1.165) is 0 Å². The standard InChI is InChI=1S/C22H25N5O4S/c1-3-20-25-21(26-31-20)17-8-7-15(2)18(14-17)32(29,30)27-12-9-16(10-13-27)22(28)24-19-6-4-5-11-23-19/h4-8,11,14,16H,3,9-10,12-13H2,1-2H3,(H,23,24,28). The lowest BCUT2D eigenvalue weighted by Gasteiger charge is -2.31. The topological polar surface area (TPSA) is 118 Å². The molecule has 1 N–H and O–H groups in total. The van der Waals surface area contributed by atoms with Gasteiger partial charge in [-0.1, -0.05) is 30.3 Å². The molecule has 1 saturated heterocycles. The highest BCUT2D eigenvalue weighted by molar-refractivity contribution is 7.89. The third-order valence-electron chi connectivity index (χ3n) is 5.58. The molecule has 3 heterocycles. The molecule has 0 bridgehead atoms. The highest BCUT2D eigenvalue weighted by atomic mass is 32.2. The second-order valence-electron chi connectivity index (χ2n) is 7.73. The number of hydrogen-bond acceptors (Lipinski definition) is 7. The number of pyridine rings is 1. The number of hydrogen-bond donors (Lipinski definition) is 1. The maximum Gasteiger partial charge on any atom is 0.243 e. The summed E-state index contributed by atoms with van der Waals surface area (Å²) in [7, 11) is -3.73. The Balaban J connectivity index is 1.47. The van der Waals surface area contributed by atoms with Gasteiger partial charge in [-0.05, 0) is 43.5 Å². The van der Waals surface area contributed by atoms with Gasteiger partial charge >= 0.3 is 0 Å². The number of sulfonamides is 1. The van der Waals surface area contributed by atoms with E-state index in [1.165, 1.54) is 4.31 Å². The van der Waals surface area contributed by atoms with Gasteiger partial charge in [-0.2, -0.15) is 9.29 Å². The van der Waals surface area contributed by atoms with Crippen LogP contribution in [0.2, 0.25) is 0 Å². The number of aryl methyl sites for hydroxylation is 2. The Morgan fingerprint density at radius 1 is 1.22 bits per heavy atom. The van der Waals surface area contributed by atoms with Gasteiger partial charge in [0.05, 0.1) is 4.90 Å². The Hall–Kier alpha value is -3.11. The summed E-state index contributed by atoms with van der Waals surface area (Å²) >= 11 is 0. The summed E-state index contributed by atoms with van der Waals surface area (Å²) in [6.45, 7) is 4.21. The summed E-state index contributed by atoms with van der Waals surface area (Å²) in [6, 6.07) is 10.4. The van der Waals surface area contributed by atoms with Crippen molar-refractivity contribution in [2.24, 2.45) is 5.92 Å². The lowest BCUT2D eigenvalue weighted by molar-refractivity contribution is -0.120. The maximum atomic E-state index is 13.4. The van der Waals surface area contributed by atoms with Crippen molar-refractivity contribution in [1.29, 1.82) is 0 Å². The van der Waals surface area contributed by atoms with Gasteiger partial charge in [-0.3, -0.25) is 4.79 Å². The molecule has 1 aromatic carbocycles. The molecular weight excluding hydrogens is 430 g/mol. The zero-order chi connectivity index (χ0) is 22.7. The second-order valence-corrected chi connectivity index (χ2v) is 9.63. The summed E-state index contributed by atoms with van der Waals surface area (Å²) in [5.74, 6) is 0.956. The fraction of sp³-hybridized carbons (Fsp3) is 0.364. The molecule has 168 valence electrons. The van der Waals surface area contributed by atoms with Gasteiger partial charge in [0.1, 0.15) is 5.82 Å². The van der Waals surface area contributed by atoms with E-state index in [-0.39, 0.29) is 29.8 Å². The maximum absolute atomic E-state index is 13.4. The summed E-state index contributed by atoms with van der Waals surface area (Å²) in [5, 5.41) is 6.74. The number of amides is 1. The van der Waals surface area contributed by atoms with Crippen LogP contribution in [0.1, 0.15) is 31.2 Å². The largest absolute Gasteiger partial charge is 0.339 e. The van der Waals surface area contributed by atoms with Crippen LogP contribution in [0, 0.1) is 12.8 Å². The molecule has 0 unspecified atom stereocenters. The molecule has 1 fully saturated rings. The van der Waals surface area contributed by atoms with E-state index in [9.17, 15) is 13.2 Å². The Bertz CT molecular complexity index is 1200. The molecule has 1 amide bonds. The first kappa shape index (κ1) is 22.1. The van der Waals surface area contributed by atoms with Crippen molar-refractivity contribution in [2.45, 2.75) is 38.0 Å². The number of carbonyl (C=O) groups is 1. The van der Waals surface area contributed by atoms with Crippen molar-refractivity contribution in [1.82, 2.24) is 19.4 Å². The number of nitrogens with one attached hydrogen (secondary N) is 1. The van der Waals surface area contributed by atoms with Gasteiger partial charge in [0.2, 0.25) is 27.6 Å². The molecule has 9 nitrogen and oxygen atoms in total. The quantitative estimate of drug-likeness (QED) is 0.607. The SMILES string of the molecule is CCc1nc(-c2ccc(C)c(S(=O)(=O)N3CCC(C(=O)Nc4ccccn4)CC3)c2)no1. The molecule has 32 heavy (non-hydrogen) atoms. The second kappa shape index (κ2) is 9.17. The zero-order valence-corrected chi connectivity index (χ0v) is 18.8. The molecule has 0 spiro atoms. The number of rotatable bonds is 6. The average molecular weight is 456 g/mol. The van der Waals surface area contributed by atoms with Crippen LogP contribution in [-0.2, 0) is 21.2 Å². The van der Waals surface area contributed by atoms with Gasteiger partial charge in [0.25, 0.3) is 0 Å². The van der Waals surface area contributed by atoms with Crippen LogP contribution in [0.15, 0.2) is 52.0 Å². The van der Waals surface area contributed by atoms with E-state index in [0.29, 0.717) is 47.9 Å². The Morgan fingerprint density at radius 2 is 2.00 bits per heavy atom. The minimum Gasteiger partial charge on any atom is -0.339 e. The molecule has 4 rings (SSSR count). The van der Waals surface area contributed by atoms with Crippen molar-refractivity contribution >= 4 is 21.7 Å². The third-order valence-corrected chi connectivity index (χ3v) is 7.62. The van der Waals surface area contributed by atoms with Gasteiger partial charge in [-0.15, -0.1) is 0 Å². The zero-order valence-electron chi connectivity index (χ0n) is 18.0. The molecule has 2 aromatic heterocycles. The first-order valence-electron chi connectivity index (χ1n) is 10.5. The average Bonchev–Trinajstić information content (AvgIpc) is 3.29. The highest BCUT2D eigenvalue weighted by Crippen LogP contribution is 2.29. The van der Waals surface area contributed by atoms with Crippen molar-refractivity contribution in [3.8, 4) is 11.4 Å². The van der Waals surface area contributed by atoms with Crippen LogP contribution in [0.25, 0.3) is 11.4 Å². The van der Waals surface area contributed by atoms with E-state index >= 15 is 0 Å². The normalized spacial score (nSPS) is 15.6. The van der Waals surface area contributed by atoms with Gasteiger partial charge < -0.3 is 9.84 Å². The van der Waals surface area contributed by atoms with Crippen molar-refractivity contribution < 1.29 is 17.7 Å². The summed E-state index contributed by atoms with van der Waals surface area (Å²) in [5.41, 5.74) is 1.23. The fourth-order valence-corrected chi connectivity index (χ4v) is 5.42. The number of nitrogens with zero attached hydrogens (tertiary/aromatic N) is 4. The Kier molecular flexibility index (Phi) is 6.33. The predicted octanol–water partition coefficient (Wildman–Crippen LogP) is 3.04. The number of carbonyl (C=O) groups excluding carboxylic acids is 1. The smallest absolute Gasteiger partial charge is 0.243 e. The molecule has 3 aromatic rings. The summed E-state index contributed by atoms with van der Waals surface area (Å²) < 4.78 is 33.3. The van der Waals surface area contributed by atoms with Crippen LogP contribution in [-0.4, -0.2) is 46.8 Å². The molecule has 0 aliphatic carbocycles. The number of aromatic nitrogens is 3. The van der Waals surface area contributed by atoms with E-state index in [2.05, 4.69) is 20.4 Å². The molecule has 10 heteroatoms. The van der Waals surface area contributed by atoms with E-state index in [4.69, 9.17) is 4.52 Å². The lowest BCUT2D eigenvalue weighted by Crippen LogP contribution is -2.41. The van der Waals surface area contributed by atoms with Crippen molar-refractivity contribution in [2.75, 3.05) is 18.4 Å².